The van der Waals surface area contributed by atoms with Gasteiger partial charge < -0.3 is 0 Å². The number of aryl methyl sites for hydroxylation is 1. The Labute approximate surface area is 111 Å². The van der Waals surface area contributed by atoms with Gasteiger partial charge >= 0.3 is 0 Å². The van der Waals surface area contributed by atoms with Gasteiger partial charge in [0.15, 0.2) is 5.82 Å². The molecule has 2 heterocycles. The monoisotopic (exact) mass is 262 g/mol. The van der Waals surface area contributed by atoms with Crippen LogP contribution in [0.1, 0.15) is 37.6 Å². The lowest BCUT2D eigenvalue weighted by atomic mass is 10.2. The van der Waals surface area contributed by atoms with Gasteiger partial charge in [0.25, 0.3) is 0 Å². The van der Waals surface area contributed by atoms with Gasteiger partial charge in [-0.25, -0.2) is 9.97 Å². The van der Waals surface area contributed by atoms with E-state index in [1.165, 1.54) is 0 Å². The van der Waals surface area contributed by atoms with E-state index in [4.69, 9.17) is 11.6 Å². The van der Waals surface area contributed by atoms with Crippen molar-refractivity contribution in [3.63, 3.8) is 0 Å². The molecule has 0 atom stereocenters. The van der Waals surface area contributed by atoms with E-state index in [0.717, 1.165) is 36.1 Å². The molecule has 3 rings (SSSR count). The van der Waals surface area contributed by atoms with E-state index >= 15 is 0 Å². The largest absolute Gasteiger partial charge is 0.270 e. The van der Waals surface area contributed by atoms with Crippen LogP contribution in [0.2, 0.25) is 5.15 Å². The fraction of sp³-hybridized carbons (Fsp3) is 0.462. The fourth-order valence-electron chi connectivity index (χ4n) is 2.25. The molecule has 0 bridgehead atoms. The number of halogens is 1. The third-order valence-electron chi connectivity index (χ3n) is 3.27. The minimum absolute atomic E-state index is 0.337. The molecule has 1 aliphatic rings. The minimum Gasteiger partial charge on any atom is -0.270 e. The lowest BCUT2D eigenvalue weighted by molar-refractivity contribution is 0.532. The van der Waals surface area contributed by atoms with Crippen molar-refractivity contribution in [3.8, 4) is 11.4 Å². The van der Waals surface area contributed by atoms with Crippen LogP contribution in [0.3, 0.4) is 0 Å². The summed E-state index contributed by atoms with van der Waals surface area (Å²) in [6, 6.07) is 0.337. The predicted molar refractivity (Wildman–Crippen MR) is 70.7 cm³/mol. The molecule has 0 aliphatic heterocycles. The van der Waals surface area contributed by atoms with Gasteiger partial charge in [-0.3, -0.25) is 4.68 Å². The molecule has 94 valence electrons. The average molecular weight is 263 g/mol. The first-order chi connectivity index (χ1) is 8.65. The van der Waals surface area contributed by atoms with Gasteiger partial charge in [0.05, 0.1) is 11.8 Å². The van der Waals surface area contributed by atoms with Crippen LogP contribution >= 0.6 is 11.6 Å². The van der Waals surface area contributed by atoms with Crippen LogP contribution in [-0.4, -0.2) is 19.7 Å². The highest BCUT2D eigenvalue weighted by Crippen LogP contribution is 2.28. The van der Waals surface area contributed by atoms with Crippen molar-refractivity contribution in [2.45, 2.75) is 39.2 Å². The first-order valence-corrected chi connectivity index (χ1v) is 6.63. The quantitative estimate of drug-likeness (QED) is 0.782. The van der Waals surface area contributed by atoms with Gasteiger partial charge in [-0.1, -0.05) is 11.6 Å². The van der Waals surface area contributed by atoms with E-state index in [1.54, 1.807) is 6.20 Å². The maximum atomic E-state index is 6.22. The second kappa shape index (κ2) is 4.35. The third kappa shape index (κ3) is 1.90. The predicted octanol–water partition coefficient (Wildman–Crippen LogP) is 3.06. The lowest BCUT2D eigenvalue weighted by Gasteiger charge is -2.04. The van der Waals surface area contributed by atoms with Crippen molar-refractivity contribution in [1.82, 2.24) is 19.7 Å². The van der Waals surface area contributed by atoms with Crippen LogP contribution in [0.25, 0.3) is 11.4 Å². The molecule has 2 aromatic heterocycles. The minimum atomic E-state index is 0.337. The Morgan fingerprint density at radius 2 is 2.11 bits per heavy atom. The highest BCUT2D eigenvalue weighted by molar-refractivity contribution is 6.30. The molecule has 0 amide bonds. The van der Waals surface area contributed by atoms with Gasteiger partial charge in [0.2, 0.25) is 0 Å². The summed E-state index contributed by atoms with van der Waals surface area (Å²) >= 11 is 6.22. The standard InChI is InChI=1S/C13H15ClN4/c1-8(2)18-7-9(6-15-18)13-16-11-5-3-4-10(11)12(14)17-13/h6-8H,3-5H2,1-2H3. The highest BCUT2D eigenvalue weighted by atomic mass is 35.5. The first kappa shape index (κ1) is 11.7. The molecule has 5 heteroatoms. The van der Waals surface area contributed by atoms with Crippen molar-refractivity contribution < 1.29 is 0 Å². The molecule has 0 fully saturated rings. The van der Waals surface area contributed by atoms with E-state index < -0.39 is 0 Å². The summed E-state index contributed by atoms with van der Waals surface area (Å²) in [5.74, 6) is 0.688. The summed E-state index contributed by atoms with van der Waals surface area (Å²) in [6.07, 6.45) is 6.89. The summed E-state index contributed by atoms with van der Waals surface area (Å²) in [6.45, 7) is 4.18. The first-order valence-electron chi connectivity index (χ1n) is 6.25. The zero-order chi connectivity index (χ0) is 12.7. The van der Waals surface area contributed by atoms with Gasteiger partial charge in [0, 0.05) is 23.5 Å². The Hall–Kier alpha value is -1.42. The van der Waals surface area contributed by atoms with Gasteiger partial charge in [0.1, 0.15) is 5.15 Å². The summed E-state index contributed by atoms with van der Waals surface area (Å²) in [5, 5.41) is 4.91. The number of hydrogen-bond acceptors (Lipinski definition) is 3. The maximum absolute atomic E-state index is 6.22. The fourth-order valence-corrected chi connectivity index (χ4v) is 2.54. The Morgan fingerprint density at radius 3 is 2.83 bits per heavy atom. The lowest BCUT2D eigenvalue weighted by Crippen LogP contribution is -2.00. The van der Waals surface area contributed by atoms with Crippen LogP contribution in [0, 0.1) is 0 Å². The van der Waals surface area contributed by atoms with Crippen LogP contribution in [0.5, 0.6) is 0 Å². The Morgan fingerprint density at radius 1 is 1.28 bits per heavy atom. The summed E-state index contributed by atoms with van der Waals surface area (Å²) in [7, 11) is 0. The van der Waals surface area contributed by atoms with Crippen molar-refractivity contribution in [2.24, 2.45) is 0 Å². The highest BCUT2D eigenvalue weighted by Gasteiger charge is 2.19. The topological polar surface area (TPSA) is 43.6 Å². The summed E-state index contributed by atoms with van der Waals surface area (Å²) in [4.78, 5) is 9.00. The zero-order valence-electron chi connectivity index (χ0n) is 10.5. The second-order valence-corrected chi connectivity index (χ2v) is 5.28. The van der Waals surface area contributed by atoms with Gasteiger partial charge in [-0.05, 0) is 33.1 Å². The Bertz CT molecular complexity index is 589. The molecular weight excluding hydrogens is 248 g/mol. The van der Waals surface area contributed by atoms with E-state index in [2.05, 4.69) is 28.9 Å². The summed E-state index contributed by atoms with van der Waals surface area (Å²) in [5.41, 5.74) is 3.15. The number of hydrogen-bond donors (Lipinski definition) is 0. The van der Waals surface area contributed by atoms with Crippen molar-refractivity contribution in [3.05, 3.63) is 28.8 Å². The van der Waals surface area contributed by atoms with E-state index in [0.29, 0.717) is 17.0 Å². The molecule has 0 unspecified atom stereocenters. The SMILES string of the molecule is CC(C)n1cc(-c2nc(Cl)c3c(n2)CCC3)cn1. The van der Waals surface area contributed by atoms with Crippen molar-refractivity contribution in [1.29, 1.82) is 0 Å². The zero-order valence-corrected chi connectivity index (χ0v) is 11.3. The molecule has 1 aliphatic carbocycles. The van der Waals surface area contributed by atoms with Crippen molar-refractivity contribution in [2.75, 3.05) is 0 Å². The maximum Gasteiger partial charge on any atom is 0.164 e. The number of aromatic nitrogens is 4. The molecule has 0 aromatic carbocycles. The van der Waals surface area contributed by atoms with E-state index in [9.17, 15) is 0 Å². The van der Waals surface area contributed by atoms with Gasteiger partial charge in [-0.15, -0.1) is 0 Å². The Balaban J connectivity index is 2.03. The number of rotatable bonds is 2. The number of fused-ring (bicyclic) bond motifs is 1. The average Bonchev–Trinajstić information content (AvgIpc) is 2.97. The molecule has 0 saturated heterocycles. The van der Waals surface area contributed by atoms with Crippen LogP contribution in [-0.2, 0) is 12.8 Å². The Kier molecular flexibility index (Phi) is 2.82. The van der Waals surface area contributed by atoms with Crippen LogP contribution in [0.15, 0.2) is 12.4 Å². The van der Waals surface area contributed by atoms with Gasteiger partial charge in [-0.2, -0.15) is 5.10 Å². The normalized spacial score (nSPS) is 14.2. The van der Waals surface area contributed by atoms with E-state index in [-0.39, 0.29) is 0 Å². The molecule has 0 saturated carbocycles. The molecule has 18 heavy (non-hydrogen) atoms. The molecule has 4 nitrogen and oxygen atoms in total. The van der Waals surface area contributed by atoms with Crippen LogP contribution < -0.4 is 0 Å². The third-order valence-corrected chi connectivity index (χ3v) is 3.58. The second-order valence-electron chi connectivity index (χ2n) is 4.92. The molecular formula is C13H15ClN4. The smallest absolute Gasteiger partial charge is 0.164 e. The molecule has 0 spiro atoms. The summed E-state index contributed by atoms with van der Waals surface area (Å²) < 4.78 is 1.90. The molecule has 2 aromatic rings. The van der Waals surface area contributed by atoms with Crippen molar-refractivity contribution >= 4 is 11.6 Å². The molecule has 0 N–H and O–H groups in total. The van der Waals surface area contributed by atoms with E-state index in [1.807, 2.05) is 10.9 Å². The van der Waals surface area contributed by atoms with Crippen LogP contribution in [0.4, 0.5) is 0 Å². The number of nitrogens with zero attached hydrogens (tertiary/aromatic N) is 4. The molecule has 0 radical (unpaired) electrons.